The average molecular weight is 392 g/mol. The van der Waals surface area contributed by atoms with Crippen LogP contribution in [0.15, 0.2) is 54.6 Å². The lowest BCUT2D eigenvalue weighted by Crippen LogP contribution is -2.28. The van der Waals surface area contributed by atoms with Gasteiger partial charge in [-0.15, -0.1) is 11.3 Å². The summed E-state index contributed by atoms with van der Waals surface area (Å²) in [6.07, 6.45) is 5.29. The molecule has 1 atom stereocenters. The van der Waals surface area contributed by atoms with Crippen molar-refractivity contribution in [2.45, 2.75) is 18.9 Å². The average Bonchev–Trinajstić information content (AvgIpc) is 3.38. The van der Waals surface area contributed by atoms with Crippen LogP contribution in [0.2, 0.25) is 0 Å². The number of carbonyl (C=O) groups is 2. The molecule has 0 bridgehead atoms. The van der Waals surface area contributed by atoms with Crippen molar-refractivity contribution in [3.05, 3.63) is 70.7 Å². The highest BCUT2D eigenvalue weighted by Gasteiger charge is 2.31. The van der Waals surface area contributed by atoms with E-state index in [1.165, 1.54) is 7.11 Å². The van der Waals surface area contributed by atoms with E-state index >= 15 is 0 Å². The molecule has 2 aromatic carbocycles. The topological polar surface area (TPSA) is 59.5 Å². The van der Waals surface area contributed by atoms with Crippen LogP contribution in [0.5, 0.6) is 0 Å². The highest BCUT2D eigenvalue weighted by molar-refractivity contribution is 7.18. The van der Waals surface area contributed by atoms with Crippen molar-refractivity contribution in [1.29, 1.82) is 0 Å². The number of methoxy groups -OCH3 is 1. The van der Waals surface area contributed by atoms with E-state index in [0.717, 1.165) is 40.2 Å². The highest BCUT2D eigenvalue weighted by atomic mass is 32.1. The number of esters is 1. The van der Waals surface area contributed by atoms with Crippen LogP contribution in [0, 0.1) is 0 Å². The van der Waals surface area contributed by atoms with E-state index in [0.29, 0.717) is 5.56 Å². The number of fused-ring (bicyclic) bond motifs is 1. The molecule has 1 aliphatic rings. The minimum absolute atomic E-state index is 0.0150. The second-order valence-corrected chi connectivity index (χ2v) is 7.72. The molecule has 0 aliphatic carbocycles. The zero-order chi connectivity index (χ0) is 19.5. The fourth-order valence-corrected chi connectivity index (χ4v) is 4.55. The first-order valence-electron chi connectivity index (χ1n) is 9.18. The highest BCUT2D eigenvalue weighted by Crippen LogP contribution is 2.36. The largest absolute Gasteiger partial charge is 0.465 e. The number of nitrogens with zero attached hydrogens (tertiary/aromatic N) is 2. The van der Waals surface area contributed by atoms with Gasteiger partial charge in [-0.25, -0.2) is 9.78 Å². The van der Waals surface area contributed by atoms with Gasteiger partial charge in [0, 0.05) is 12.6 Å². The summed E-state index contributed by atoms with van der Waals surface area (Å²) in [7, 11) is 1.35. The standard InChI is InChI=1S/C22H20N2O3S/c1-27-22(26)16-11-8-15(9-12-16)10-13-20(25)24-14-4-6-18(24)21-23-17-5-2-3-7-19(17)28-21/h2-3,5,7-13,18H,4,6,14H2,1H3. The van der Waals surface area contributed by atoms with Crippen molar-refractivity contribution < 1.29 is 14.3 Å². The molecule has 1 aromatic heterocycles. The van der Waals surface area contributed by atoms with Crippen molar-refractivity contribution in [3.63, 3.8) is 0 Å². The second-order valence-electron chi connectivity index (χ2n) is 6.66. The molecule has 142 valence electrons. The van der Waals surface area contributed by atoms with Crippen molar-refractivity contribution in [2.75, 3.05) is 13.7 Å². The maximum Gasteiger partial charge on any atom is 0.337 e. The van der Waals surface area contributed by atoms with Gasteiger partial charge in [0.05, 0.1) is 28.9 Å². The Hall–Kier alpha value is -2.99. The van der Waals surface area contributed by atoms with Crippen LogP contribution < -0.4 is 0 Å². The predicted octanol–water partition coefficient (Wildman–Crippen LogP) is 4.46. The molecular weight excluding hydrogens is 372 g/mol. The Morgan fingerprint density at radius 2 is 1.96 bits per heavy atom. The van der Waals surface area contributed by atoms with E-state index in [2.05, 4.69) is 6.07 Å². The summed E-state index contributed by atoms with van der Waals surface area (Å²) in [5, 5.41) is 1.00. The number of ether oxygens (including phenoxy) is 1. The van der Waals surface area contributed by atoms with Gasteiger partial charge in [0.1, 0.15) is 5.01 Å². The molecule has 1 aliphatic heterocycles. The van der Waals surface area contributed by atoms with E-state index in [4.69, 9.17) is 9.72 Å². The molecule has 3 aromatic rings. The van der Waals surface area contributed by atoms with Crippen molar-refractivity contribution in [3.8, 4) is 0 Å². The number of rotatable bonds is 4. The van der Waals surface area contributed by atoms with Gasteiger partial charge < -0.3 is 9.64 Å². The fourth-order valence-electron chi connectivity index (χ4n) is 3.43. The normalized spacial score (nSPS) is 16.8. The molecule has 1 unspecified atom stereocenters. The minimum Gasteiger partial charge on any atom is -0.465 e. The SMILES string of the molecule is COC(=O)c1ccc(C=CC(=O)N2CCCC2c2nc3ccccc3s2)cc1. The molecule has 6 heteroatoms. The second kappa shape index (κ2) is 7.94. The minimum atomic E-state index is -0.373. The van der Waals surface area contributed by atoms with Crippen LogP contribution in [-0.2, 0) is 9.53 Å². The lowest BCUT2D eigenvalue weighted by molar-refractivity contribution is -0.126. The Morgan fingerprint density at radius 1 is 1.18 bits per heavy atom. The first-order valence-corrected chi connectivity index (χ1v) is 10.00. The molecule has 5 nitrogen and oxygen atoms in total. The molecular formula is C22H20N2O3S. The summed E-state index contributed by atoms with van der Waals surface area (Å²) >= 11 is 1.66. The van der Waals surface area contributed by atoms with Crippen LogP contribution in [0.1, 0.15) is 39.8 Å². The van der Waals surface area contributed by atoms with Crippen LogP contribution >= 0.6 is 11.3 Å². The Balaban J connectivity index is 1.49. The smallest absolute Gasteiger partial charge is 0.337 e. The first-order chi connectivity index (χ1) is 13.7. The third-order valence-corrected chi connectivity index (χ3v) is 6.02. The zero-order valence-corrected chi connectivity index (χ0v) is 16.3. The summed E-state index contributed by atoms with van der Waals surface area (Å²) in [6.45, 7) is 0.741. The van der Waals surface area contributed by atoms with Crippen molar-refractivity contribution in [1.82, 2.24) is 9.88 Å². The zero-order valence-electron chi connectivity index (χ0n) is 15.5. The third kappa shape index (κ3) is 3.68. The number of amides is 1. The lowest BCUT2D eigenvalue weighted by Gasteiger charge is -2.21. The summed E-state index contributed by atoms with van der Waals surface area (Å²) in [6, 6.07) is 15.1. The number of benzene rings is 2. The monoisotopic (exact) mass is 392 g/mol. The van der Waals surface area contributed by atoms with Crippen molar-refractivity contribution >= 4 is 39.5 Å². The molecule has 1 amide bonds. The number of para-hydroxylation sites is 1. The quantitative estimate of drug-likeness (QED) is 0.486. The molecule has 0 N–H and O–H groups in total. The number of carbonyl (C=O) groups excluding carboxylic acids is 2. The third-order valence-electron chi connectivity index (χ3n) is 4.88. The van der Waals surface area contributed by atoms with Crippen LogP contribution in [0.3, 0.4) is 0 Å². The van der Waals surface area contributed by atoms with E-state index < -0.39 is 0 Å². The Morgan fingerprint density at radius 3 is 2.71 bits per heavy atom. The molecule has 0 spiro atoms. The lowest BCUT2D eigenvalue weighted by atomic mass is 10.1. The number of thiazole rings is 1. The molecule has 0 radical (unpaired) electrons. The maximum atomic E-state index is 12.8. The Kier molecular flexibility index (Phi) is 5.21. The molecule has 4 rings (SSSR count). The van der Waals surface area contributed by atoms with Crippen LogP contribution in [-0.4, -0.2) is 35.4 Å². The molecule has 1 fully saturated rings. The van der Waals surface area contributed by atoms with Gasteiger partial charge in [0.15, 0.2) is 0 Å². The van der Waals surface area contributed by atoms with Gasteiger partial charge >= 0.3 is 5.97 Å². The van der Waals surface area contributed by atoms with E-state index in [9.17, 15) is 9.59 Å². The fraction of sp³-hybridized carbons (Fsp3) is 0.227. The van der Waals surface area contributed by atoms with E-state index in [1.54, 1.807) is 47.8 Å². The number of likely N-dealkylation sites (tertiary alicyclic amines) is 1. The maximum absolute atomic E-state index is 12.8. The van der Waals surface area contributed by atoms with E-state index in [-0.39, 0.29) is 17.9 Å². The van der Waals surface area contributed by atoms with Gasteiger partial charge in [0.2, 0.25) is 5.91 Å². The molecule has 2 heterocycles. The van der Waals surface area contributed by atoms with Gasteiger partial charge in [-0.3, -0.25) is 4.79 Å². The number of hydrogen-bond acceptors (Lipinski definition) is 5. The van der Waals surface area contributed by atoms with Crippen LogP contribution in [0.25, 0.3) is 16.3 Å². The van der Waals surface area contributed by atoms with Gasteiger partial charge in [-0.05, 0) is 48.7 Å². The number of hydrogen-bond donors (Lipinski definition) is 0. The van der Waals surface area contributed by atoms with Gasteiger partial charge in [0.25, 0.3) is 0 Å². The van der Waals surface area contributed by atoms with Crippen LogP contribution in [0.4, 0.5) is 0 Å². The Labute approximate surface area is 167 Å². The molecule has 0 saturated carbocycles. The number of aromatic nitrogens is 1. The summed E-state index contributed by atoms with van der Waals surface area (Å²) < 4.78 is 5.85. The predicted molar refractivity (Wildman–Crippen MR) is 110 cm³/mol. The van der Waals surface area contributed by atoms with Gasteiger partial charge in [-0.2, -0.15) is 0 Å². The summed E-state index contributed by atoms with van der Waals surface area (Å²) in [5.41, 5.74) is 2.33. The Bertz CT molecular complexity index is 1010. The molecule has 28 heavy (non-hydrogen) atoms. The molecule has 1 saturated heterocycles. The summed E-state index contributed by atoms with van der Waals surface area (Å²) in [4.78, 5) is 30.9. The van der Waals surface area contributed by atoms with Crippen molar-refractivity contribution in [2.24, 2.45) is 0 Å². The van der Waals surface area contributed by atoms with Gasteiger partial charge in [-0.1, -0.05) is 24.3 Å². The summed E-state index contributed by atoms with van der Waals surface area (Å²) in [5.74, 6) is -0.388. The van der Waals surface area contributed by atoms with E-state index in [1.807, 2.05) is 23.1 Å². The first kappa shape index (κ1) is 18.4.